The van der Waals surface area contributed by atoms with E-state index in [1.165, 1.54) is 0 Å². The minimum absolute atomic E-state index is 0.185. The molecule has 1 fully saturated rings. The van der Waals surface area contributed by atoms with Gasteiger partial charge in [-0.2, -0.15) is 8.78 Å². The standard InChI is InChI=1S/C13H14BrF2NO2/c1-7-3-9(14)4-8(2)11(7)17-6-10-5-13(15,16)12(18)19-10/h3-4,10,17H,5-6H2,1-2H3. The lowest BCUT2D eigenvalue weighted by molar-refractivity contribution is -0.158. The third-order valence-electron chi connectivity index (χ3n) is 3.06. The Hall–Kier alpha value is -1.17. The van der Waals surface area contributed by atoms with Gasteiger partial charge in [0.2, 0.25) is 0 Å². The Bertz CT molecular complexity index is 496. The average molecular weight is 334 g/mol. The van der Waals surface area contributed by atoms with Crippen LogP contribution in [0.3, 0.4) is 0 Å². The van der Waals surface area contributed by atoms with Crippen molar-refractivity contribution < 1.29 is 18.3 Å². The third kappa shape index (κ3) is 3.05. The molecule has 19 heavy (non-hydrogen) atoms. The van der Waals surface area contributed by atoms with Gasteiger partial charge in [0, 0.05) is 10.2 Å². The summed E-state index contributed by atoms with van der Waals surface area (Å²) in [6, 6.07) is 3.87. The van der Waals surface area contributed by atoms with Crippen LogP contribution in [-0.4, -0.2) is 24.5 Å². The van der Waals surface area contributed by atoms with Crippen molar-refractivity contribution in [3.63, 3.8) is 0 Å². The van der Waals surface area contributed by atoms with Crippen LogP contribution in [0.5, 0.6) is 0 Å². The van der Waals surface area contributed by atoms with Gasteiger partial charge in [-0.05, 0) is 37.1 Å². The predicted molar refractivity (Wildman–Crippen MR) is 71.5 cm³/mol. The number of aryl methyl sites for hydroxylation is 2. The van der Waals surface area contributed by atoms with Crippen LogP contribution in [0.1, 0.15) is 17.5 Å². The second-order valence-corrected chi connectivity index (χ2v) is 5.65. The Kier molecular flexibility index (Phi) is 3.80. The fraction of sp³-hybridized carbons (Fsp3) is 0.462. The lowest BCUT2D eigenvalue weighted by atomic mass is 10.1. The summed E-state index contributed by atoms with van der Waals surface area (Å²) < 4.78 is 31.6. The number of esters is 1. The minimum Gasteiger partial charge on any atom is -0.456 e. The topological polar surface area (TPSA) is 38.3 Å². The van der Waals surface area contributed by atoms with Gasteiger partial charge < -0.3 is 10.1 Å². The van der Waals surface area contributed by atoms with E-state index in [9.17, 15) is 13.6 Å². The number of hydrogen-bond donors (Lipinski definition) is 1. The molecule has 1 aromatic rings. The van der Waals surface area contributed by atoms with E-state index in [0.717, 1.165) is 21.3 Å². The van der Waals surface area contributed by atoms with E-state index in [1.54, 1.807) is 0 Å². The van der Waals surface area contributed by atoms with Gasteiger partial charge in [0.15, 0.2) is 0 Å². The van der Waals surface area contributed by atoms with Gasteiger partial charge in [-0.1, -0.05) is 15.9 Å². The largest absolute Gasteiger partial charge is 0.456 e. The van der Waals surface area contributed by atoms with Crippen molar-refractivity contribution in [1.82, 2.24) is 0 Å². The molecule has 0 spiro atoms. The minimum atomic E-state index is -3.35. The van der Waals surface area contributed by atoms with E-state index in [2.05, 4.69) is 26.0 Å². The molecule has 0 saturated carbocycles. The van der Waals surface area contributed by atoms with Crippen LogP contribution >= 0.6 is 15.9 Å². The monoisotopic (exact) mass is 333 g/mol. The first-order chi connectivity index (χ1) is 8.79. The number of cyclic esters (lactones) is 1. The average Bonchev–Trinajstić information content (AvgIpc) is 2.51. The van der Waals surface area contributed by atoms with Crippen LogP contribution in [-0.2, 0) is 9.53 Å². The van der Waals surface area contributed by atoms with Crippen molar-refractivity contribution in [2.24, 2.45) is 0 Å². The molecular weight excluding hydrogens is 320 g/mol. The van der Waals surface area contributed by atoms with Crippen molar-refractivity contribution in [2.45, 2.75) is 32.3 Å². The van der Waals surface area contributed by atoms with Crippen LogP contribution in [0.2, 0.25) is 0 Å². The van der Waals surface area contributed by atoms with E-state index in [1.807, 2.05) is 26.0 Å². The van der Waals surface area contributed by atoms with E-state index in [-0.39, 0.29) is 6.54 Å². The smallest absolute Gasteiger partial charge is 0.377 e. The molecule has 1 N–H and O–H groups in total. The molecule has 0 bridgehead atoms. The number of benzene rings is 1. The summed E-state index contributed by atoms with van der Waals surface area (Å²) in [5.74, 6) is -4.78. The number of anilines is 1. The number of halogens is 3. The molecule has 1 aliphatic heterocycles. The summed E-state index contributed by atoms with van der Waals surface area (Å²) >= 11 is 3.39. The summed E-state index contributed by atoms with van der Waals surface area (Å²) in [4.78, 5) is 10.9. The highest BCUT2D eigenvalue weighted by molar-refractivity contribution is 9.10. The summed E-state index contributed by atoms with van der Waals surface area (Å²) in [5.41, 5.74) is 2.89. The van der Waals surface area contributed by atoms with Gasteiger partial charge in [-0.15, -0.1) is 0 Å². The van der Waals surface area contributed by atoms with Gasteiger partial charge >= 0.3 is 11.9 Å². The van der Waals surface area contributed by atoms with Crippen LogP contribution in [0, 0.1) is 13.8 Å². The maximum absolute atomic E-state index is 13.0. The highest BCUT2D eigenvalue weighted by atomic mass is 79.9. The molecule has 6 heteroatoms. The quantitative estimate of drug-likeness (QED) is 0.861. The SMILES string of the molecule is Cc1cc(Br)cc(C)c1NCC1CC(F)(F)C(=O)O1. The fourth-order valence-electron chi connectivity index (χ4n) is 2.17. The second kappa shape index (κ2) is 5.07. The van der Waals surface area contributed by atoms with E-state index in [4.69, 9.17) is 0 Å². The first kappa shape index (κ1) is 14.2. The van der Waals surface area contributed by atoms with Crippen molar-refractivity contribution in [1.29, 1.82) is 0 Å². The molecule has 104 valence electrons. The summed E-state index contributed by atoms with van der Waals surface area (Å²) in [6.07, 6.45) is -1.35. The summed E-state index contributed by atoms with van der Waals surface area (Å²) in [7, 11) is 0. The Morgan fingerprint density at radius 3 is 2.47 bits per heavy atom. The van der Waals surface area contributed by atoms with Crippen molar-refractivity contribution >= 4 is 27.6 Å². The molecule has 1 heterocycles. The molecule has 0 aromatic heterocycles. The van der Waals surface area contributed by atoms with Gasteiger partial charge in [0.05, 0.1) is 13.0 Å². The van der Waals surface area contributed by atoms with Gasteiger partial charge in [0.25, 0.3) is 0 Å². The molecular formula is C13H14BrF2NO2. The lowest BCUT2D eigenvalue weighted by Crippen LogP contribution is -2.22. The zero-order valence-electron chi connectivity index (χ0n) is 10.6. The highest BCUT2D eigenvalue weighted by Gasteiger charge is 2.50. The van der Waals surface area contributed by atoms with Gasteiger partial charge in [0.1, 0.15) is 6.10 Å². The van der Waals surface area contributed by atoms with Crippen LogP contribution in [0.15, 0.2) is 16.6 Å². The number of hydrogen-bond acceptors (Lipinski definition) is 3. The number of rotatable bonds is 3. The summed E-state index contributed by atoms with van der Waals surface area (Å²) in [5, 5.41) is 3.08. The number of carbonyl (C=O) groups is 1. The van der Waals surface area contributed by atoms with E-state index < -0.39 is 24.4 Å². The van der Waals surface area contributed by atoms with Gasteiger partial charge in [-0.25, -0.2) is 4.79 Å². The predicted octanol–water partition coefficient (Wildman–Crippen LogP) is 3.43. The Morgan fingerprint density at radius 1 is 1.42 bits per heavy atom. The number of alkyl halides is 2. The molecule has 3 nitrogen and oxygen atoms in total. The van der Waals surface area contributed by atoms with Crippen LogP contribution < -0.4 is 5.32 Å². The molecule has 1 atom stereocenters. The van der Waals surface area contributed by atoms with Crippen molar-refractivity contribution in [2.75, 3.05) is 11.9 Å². The number of nitrogens with one attached hydrogen (secondary N) is 1. The molecule has 0 aliphatic carbocycles. The van der Waals surface area contributed by atoms with Crippen LogP contribution in [0.25, 0.3) is 0 Å². The van der Waals surface area contributed by atoms with Crippen molar-refractivity contribution in [3.8, 4) is 0 Å². The molecule has 0 amide bonds. The highest BCUT2D eigenvalue weighted by Crippen LogP contribution is 2.31. The number of ether oxygens (including phenoxy) is 1. The fourth-order valence-corrected chi connectivity index (χ4v) is 2.85. The lowest BCUT2D eigenvalue weighted by Gasteiger charge is -2.16. The Morgan fingerprint density at radius 2 is 2.00 bits per heavy atom. The normalized spacial score (nSPS) is 21.3. The third-order valence-corrected chi connectivity index (χ3v) is 3.52. The van der Waals surface area contributed by atoms with Crippen molar-refractivity contribution in [3.05, 3.63) is 27.7 Å². The number of carbonyl (C=O) groups excluding carboxylic acids is 1. The molecule has 1 unspecified atom stereocenters. The maximum Gasteiger partial charge on any atom is 0.377 e. The van der Waals surface area contributed by atoms with E-state index >= 15 is 0 Å². The Labute approximate surface area is 118 Å². The first-order valence-electron chi connectivity index (χ1n) is 5.89. The first-order valence-corrected chi connectivity index (χ1v) is 6.68. The summed E-state index contributed by atoms with van der Waals surface area (Å²) in [6.45, 7) is 4.04. The molecule has 1 saturated heterocycles. The zero-order valence-corrected chi connectivity index (χ0v) is 12.2. The molecule has 2 rings (SSSR count). The molecule has 1 aliphatic rings. The van der Waals surface area contributed by atoms with Gasteiger partial charge in [-0.3, -0.25) is 0 Å². The van der Waals surface area contributed by atoms with Crippen LogP contribution in [0.4, 0.5) is 14.5 Å². The molecule has 1 aromatic carbocycles. The second-order valence-electron chi connectivity index (χ2n) is 4.73. The Balaban J connectivity index is 2.03. The zero-order chi connectivity index (χ0) is 14.2. The maximum atomic E-state index is 13.0. The molecule has 0 radical (unpaired) electrons. The van der Waals surface area contributed by atoms with E-state index in [0.29, 0.717) is 0 Å².